The molecule has 4 fully saturated rings. The van der Waals surface area contributed by atoms with Crippen molar-refractivity contribution in [2.24, 2.45) is 0 Å². The number of rotatable bonds is 10. The Morgan fingerprint density at radius 2 is 1.22 bits per heavy atom. The molecule has 2 saturated carbocycles. The average Bonchev–Trinajstić information content (AvgIpc) is 4.14. The van der Waals surface area contributed by atoms with Crippen molar-refractivity contribution in [3.05, 3.63) is 89.1 Å². The zero-order chi connectivity index (χ0) is 45.7. The molecule has 6 aromatic heterocycles. The number of pyridine rings is 2. The number of fused-ring (bicyclic) bond motifs is 2. The SMILES string of the molecule is COc1nc(-c2c[nH]c3ncc(C4CCC(N5CCCOCC5)CC4)cc23)cs1.COc1nc(-c2cn(S(=O)(=O)c3ccccc3)c3ncc(C4CCC(N5CCCOCC5)CC4)cc23)cs1.[Na+].[OH-]. The second kappa shape index (κ2) is 23.6. The van der Waals surface area contributed by atoms with Gasteiger partial charge in [-0.2, -0.15) is 0 Å². The van der Waals surface area contributed by atoms with Crippen LogP contribution in [0.3, 0.4) is 0 Å². The summed E-state index contributed by atoms with van der Waals surface area (Å²) in [6.45, 7) is 7.91. The van der Waals surface area contributed by atoms with Gasteiger partial charge in [-0.3, -0.25) is 9.80 Å². The number of nitrogens with zero attached hydrogens (tertiary/aromatic N) is 7. The maximum absolute atomic E-state index is 13.6. The fourth-order valence-corrected chi connectivity index (χ4v) is 13.3. The Morgan fingerprint density at radius 3 is 1.77 bits per heavy atom. The predicted octanol–water partition coefficient (Wildman–Crippen LogP) is 6.42. The summed E-state index contributed by atoms with van der Waals surface area (Å²) < 4.78 is 50.4. The van der Waals surface area contributed by atoms with Gasteiger partial charge in [-0.05, 0) is 111 Å². The van der Waals surface area contributed by atoms with Gasteiger partial charge in [0.15, 0.2) is 5.65 Å². The van der Waals surface area contributed by atoms with Crippen LogP contribution in [0.25, 0.3) is 44.6 Å². The fourth-order valence-electron chi connectivity index (χ4n) is 10.6. The van der Waals surface area contributed by atoms with Gasteiger partial charge in [0.25, 0.3) is 20.4 Å². The van der Waals surface area contributed by atoms with Crippen LogP contribution >= 0.6 is 22.7 Å². The van der Waals surface area contributed by atoms with E-state index in [1.54, 1.807) is 50.7 Å². The Bertz CT molecular complexity index is 2840. The molecule has 0 spiro atoms. The van der Waals surface area contributed by atoms with E-state index in [-0.39, 0.29) is 39.9 Å². The van der Waals surface area contributed by atoms with Gasteiger partial charge in [-0.15, -0.1) is 0 Å². The molecule has 11 rings (SSSR count). The minimum Gasteiger partial charge on any atom is -0.870 e. The molecule has 1 aromatic carbocycles. The van der Waals surface area contributed by atoms with Gasteiger partial charge in [-0.1, -0.05) is 40.9 Å². The molecule has 4 aliphatic rings. The molecule has 2 aliphatic carbocycles. The first-order valence-electron chi connectivity index (χ1n) is 23.8. The predicted molar refractivity (Wildman–Crippen MR) is 266 cm³/mol. The number of H-pyrrole nitrogens is 1. The molecule has 15 nitrogen and oxygen atoms in total. The van der Waals surface area contributed by atoms with Crippen LogP contribution in [0.15, 0.2) is 82.9 Å². The van der Waals surface area contributed by atoms with E-state index < -0.39 is 10.0 Å². The van der Waals surface area contributed by atoms with E-state index in [9.17, 15) is 8.42 Å². The third-order valence-electron chi connectivity index (χ3n) is 14.2. The minimum atomic E-state index is -3.83. The first-order chi connectivity index (χ1) is 32.9. The summed E-state index contributed by atoms with van der Waals surface area (Å²) in [5.74, 6) is 0.998. The fraction of sp³-hybridized carbons (Fsp3) is 0.480. The third kappa shape index (κ3) is 11.5. The molecule has 2 aliphatic heterocycles. The quantitative estimate of drug-likeness (QED) is 0.149. The maximum Gasteiger partial charge on any atom is 1.00 e. The third-order valence-corrected chi connectivity index (χ3v) is 17.5. The van der Waals surface area contributed by atoms with Gasteiger partial charge >= 0.3 is 29.6 Å². The minimum absolute atomic E-state index is 0. The van der Waals surface area contributed by atoms with E-state index in [0.29, 0.717) is 39.6 Å². The number of thiazole rings is 2. The maximum atomic E-state index is 13.6. The van der Waals surface area contributed by atoms with Crippen LogP contribution in [0.5, 0.6) is 10.4 Å². The summed E-state index contributed by atoms with van der Waals surface area (Å²) in [5.41, 5.74) is 7.34. The van der Waals surface area contributed by atoms with Crippen LogP contribution in [-0.2, 0) is 19.5 Å². The van der Waals surface area contributed by atoms with Crippen molar-refractivity contribution in [2.75, 3.05) is 66.8 Å². The van der Waals surface area contributed by atoms with Gasteiger partial charge in [0, 0.05) is 109 Å². The number of benzene rings is 1. The Kier molecular flexibility index (Phi) is 17.7. The summed E-state index contributed by atoms with van der Waals surface area (Å²) in [4.78, 5) is 27.4. The Morgan fingerprint density at radius 1 is 0.681 bits per heavy atom. The van der Waals surface area contributed by atoms with E-state index in [1.165, 1.54) is 64.4 Å². The molecular formula is C50H61N8NaO7S3. The summed E-state index contributed by atoms with van der Waals surface area (Å²) in [6, 6.07) is 14.3. The van der Waals surface area contributed by atoms with E-state index in [0.717, 1.165) is 129 Å². The Labute approximate surface area is 434 Å². The van der Waals surface area contributed by atoms with Crippen LogP contribution in [-0.4, -0.2) is 131 Å². The molecule has 0 amide bonds. The average molecular weight is 1010 g/mol. The topological polar surface area (TPSA) is 180 Å². The molecular weight excluding hydrogens is 944 g/mol. The van der Waals surface area contributed by atoms with Crippen LogP contribution in [0.1, 0.15) is 87.2 Å². The second-order valence-corrected chi connectivity index (χ2v) is 21.5. The smallest absolute Gasteiger partial charge is 0.870 e. The molecule has 19 heteroatoms. The molecule has 0 atom stereocenters. The number of aromatic amines is 1. The van der Waals surface area contributed by atoms with E-state index in [4.69, 9.17) is 28.9 Å². The van der Waals surface area contributed by atoms with E-state index in [2.05, 4.69) is 43.1 Å². The van der Waals surface area contributed by atoms with Crippen LogP contribution in [0.2, 0.25) is 0 Å². The number of methoxy groups -OCH3 is 2. The van der Waals surface area contributed by atoms with Crippen molar-refractivity contribution in [1.29, 1.82) is 0 Å². The van der Waals surface area contributed by atoms with E-state index in [1.807, 2.05) is 23.2 Å². The summed E-state index contributed by atoms with van der Waals surface area (Å²) in [7, 11) is -0.586. The molecule has 362 valence electrons. The summed E-state index contributed by atoms with van der Waals surface area (Å²) in [5, 5.41) is 7.12. The monoisotopic (exact) mass is 1000 g/mol. The van der Waals surface area contributed by atoms with Gasteiger partial charge in [-0.25, -0.2) is 32.3 Å². The van der Waals surface area contributed by atoms with Gasteiger partial charge in [0.1, 0.15) is 5.65 Å². The van der Waals surface area contributed by atoms with Crippen molar-refractivity contribution < 1.29 is 62.4 Å². The van der Waals surface area contributed by atoms with Crippen LogP contribution in [0, 0.1) is 0 Å². The van der Waals surface area contributed by atoms with Crippen LogP contribution < -0.4 is 39.0 Å². The van der Waals surface area contributed by atoms with Crippen molar-refractivity contribution in [3.8, 4) is 32.9 Å². The van der Waals surface area contributed by atoms with Crippen molar-refractivity contribution in [1.82, 2.24) is 38.7 Å². The molecule has 69 heavy (non-hydrogen) atoms. The number of hydrogen-bond acceptors (Lipinski definition) is 15. The normalized spacial score (nSPS) is 21.8. The Balaban J connectivity index is 0.000000187. The number of hydrogen-bond donors (Lipinski definition) is 1. The molecule has 0 unspecified atom stereocenters. The molecule has 0 bridgehead atoms. The molecule has 7 aromatic rings. The number of aromatic nitrogens is 6. The largest absolute Gasteiger partial charge is 1.00 e. The first kappa shape index (κ1) is 51.6. The Hall–Kier alpha value is -3.79. The zero-order valence-corrected chi connectivity index (χ0v) is 44.2. The van der Waals surface area contributed by atoms with Gasteiger partial charge < -0.3 is 29.4 Å². The zero-order valence-electron chi connectivity index (χ0n) is 39.8. The molecule has 2 saturated heterocycles. The van der Waals surface area contributed by atoms with Gasteiger partial charge in [0.05, 0.1) is 43.7 Å². The molecule has 8 heterocycles. The number of nitrogens with one attached hydrogen (secondary N) is 1. The number of ether oxygens (including phenoxy) is 4. The van der Waals surface area contributed by atoms with E-state index >= 15 is 0 Å². The van der Waals surface area contributed by atoms with Gasteiger partial charge in [0.2, 0.25) is 0 Å². The summed E-state index contributed by atoms with van der Waals surface area (Å²) in [6.07, 6.45) is 19.4. The summed E-state index contributed by atoms with van der Waals surface area (Å²) >= 11 is 2.91. The molecule has 0 radical (unpaired) electrons. The standard InChI is InChI=1S/C28H32N4O4S2.C22H28N4O2S.Na.H2O/c1-35-28-30-26(19-37-28)25-18-32(38(33,34)23-6-3-2-4-7-23)27-24(25)16-21(17-29-27)20-8-10-22(11-9-20)31-12-5-14-36-15-13-31;1-27-22-25-20(14-29-22)19-13-24-21-18(19)11-16(12-23-21)15-3-5-17(6-4-15)26-7-2-9-28-10-8-26;;/h2-4,6-7,16-20,22H,5,8-15H2,1H3;11-15,17H,2-10H2,1H3,(H,23,24);;1H2/q;;+1;/p-1. The van der Waals surface area contributed by atoms with Crippen molar-refractivity contribution in [3.63, 3.8) is 0 Å². The van der Waals surface area contributed by atoms with Crippen molar-refractivity contribution >= 4 is 54.8 Å². The molecule has 2 N–H and O–H groups in total. The second-order valence-electron chi connectivity index (χ2n) is 18.1. The first-order valence-corrected chi connectivity index (χ1v) is 27.0. The van der Waals surface area contributed by atoms with Crippen molar-refractivity contribution in [2.45, 2.75) is 93.0 Å². The van der Waals surface area contributed by atoms with Crippen LogP contribution in [0.4, 0.5) is 0 Å².